The SMILES string of the molecule is COc1ccccc1CNC(=O)N1CCC[C@@H]1CO. The van der Waals surface area contributed by atoms with Gasteiger partial charge in [0.15, 0.2) is 0 Å². The number of carbonyl (C=O) groups excluding carboxylic acids is 1. The van der Waals surface area contributed by atoms with Crippen molar-refractivity contribution in [2.24, 2.45) is 0 Å². The van der Waals surface area contributed by atoms with Crippen molar-refractivity contribution in [2.45, 2.75) is 25.4 Å². The van der Waals surface area contributed by atoms with Gasteiger partial charge in [0.25, 0.3) is 0 Å². The van der Waals surface area contributed by atoms with Crippen molar-refractivity contribution in [3.63, 3.8) is 0 Å². The number of likely N-dealkylation sites (tertiary alicyclic amines) is 1. The van der Waals surface area contributed by atoms with E-state index in [-0.39, 0.29) is 18.7 Å². The van der Waals surface area contributed by atoms with Crippen molar-refractivity contribution in [1.82, 2.24) is 10.2 Å². The van der Waals surface area contributed by atoms with Gasteiger partial charge in [-0.3, -0.25) is 0 Å². The number of nitrogens with one attached hydrogen (secondary N) is 1. The fourth-order valence-corrected chi connectivity index (χ4v) is 2.41. The van der Waals surface area contributed by atoms with Crippen molar-refractivity contribution in [3.8, 4) is 5.75 Å². The highest BCUT2D eigenvalue weighted by molar-refractivity contribution is 5.75. The topological polar surface area (TPSA) is 61.8 Å². The number of ether oxygens (including phenoxy) is 1. The first kappa shape index (κ1) is 13.7. The second kappa shape index (κ2) is 6.43. The number of hydrogen-bond donors (Lipinski definition) is 2. The monoisotopic (exact) mass is 264 g/mol. The van der Waals surface area contributed by atoms with Crippen molar-refractivity contribution >= 4 is 6.03 Å². The fourth-order valence-electron chi connectivity index (χ4n) is 2.41. The lowest BCUT2D eigenvalue weighted by Crippen LogP contribution is -2.43. The minimum absolute atomic E-state index is 0.0298. The molecule has 0 radical (unpaired) electrons. The van der Waals surface area contributed by atoms with Crippen LogP contribution < -0.4 is 10.1 Å². The van der Waals surface area contributed by atoms with Crippen LogP contribution in [-0.4, -0.2) is 42.3 Å². The molecule has 5 heteroatoms. The molecule has 1 fully saturated rings. The highest BCUT2D eigenvalue weighted by Crippen LogP contribution is 2.19. The van der Waals surface area contributed by atoms with Gasteiger partial charge in [-0.25, -0.2) is 4.79 Å². The molecule has 1 aliphatic heterocycles. The molecule has 19 heavy (non-hydrogen) atoms. The van der Waals surface area contributed by atoms with E-state index in [1.807, 2.05) is 24.3 Å². The number of amides is 2. The normalized spacial score (nSPS) is 18.4. The molecule has 0 bridgehead atoms. The number of benzene rings is 1. The molecule has 104 valence electrons. The minimum atomic E-state index is -0.123. The Balaban J connectivity index is 1.93. The summed E-state index contributed by atoms with van der Waals surface area (Å²) in [6.45, 7) is 1.17. The van der Waals surface area contributed by atoms with Crippen molar-refractivity contribution < 1.29 is 14.6 Å². The number of methoxy groups -OCH3 is 1. The lowest BCUT2D eigenvalue weighted by atomic mass is 10.2. The average molecular weight is 264 g/mol. The van der Waals surface area contributed by atoms with E-state index in [2.05, 4.69) is 5.32 Å². The second-order valence-electron chi connectivity index (χ2n) is 4.64. The van der Waals surface area contributed by atoms with Gasteiger partial charge in [-0.15, -0.1) is 0 Å². The number of aliphatic hydroxyl groups excluding tert-OH is 1. The van der Waals surface area contributed by atoms with Gasteiger partial charge in [-0.2, -0.15) is 0 Å². The summed E-state index contributed by atoms with van der Waals surface area (Å²) >= 11 is 0. The van der Waals surface area contributed by atoms with E-state index in [9.17, 15) is 9.90 Å². The summed E-state index contributed by atoms with van der Waals surface area (Å²) in [5, 5.41) is 12.1. The van der Waals surface area contributed by atoms with Crippen LogP contribution in [0.1, 0.15) is 18.4 Å². The number of nitrogens with zero attached hydrogens (tertiary/aromatic N) is 1. The van der Waals surface area contributed by atoms with E-state index in [0.29, 0.717) is 13.1 Å². The maximum absolute atomic E-state index is 12.1. The third kappa shape index (κ3) is 3.17. The maximum atomic E-state index is 12.1. The van der Waals surface area contributed by atoms with E-state index in [4.69, 9.17) is 4.74 Å². The number of carbonyl (C=O) groups is 1. The number of rotatable bonds is 4. The molecule has 0 saturated carbocycles. The molecular formula is C14H20N2O3. The van der Waals surface area contributed by atoms with Crippen LogP contribution in [0.2, 0.25) is 0 Å². The summed E-state index contributed by atoms with van der Waals surface area (Å²) in [5.74, 6) is 0.767. The number of hydrogen-bond acceptors (Lipinski definition) is 3. The summed E-state index contributed by atoms with van der Waals surface area (Å²) in [7, 11) is 1.61. The molecule has 0 spiro atoms. The quantitative estimate of drug-likeness (QED) is 0.863. The summed E-state index contributed by atoms with van der Waals surface area (Å²) in [6, 6.07) is 7.43. The molecule has 2 N–H and O–H groups in total. The Labute approximate surface area is 113 Å². The minimum Gasteiger partial charge on any atom is -0.496 e. The lowest BCUT2D eigenvalue weighted by Gasteiger charge is -2.23. The predicted molar refractivity (Wildman–Crippen MR) is 72.0 cm³/mol. The summed E-state index contributed by atoms with van der Waals surface area (Å²) in [5.41, 5.74) is 0.943. The Morgan fingerprint density at radius 1 is 1.53 bits per heavy atom. The predicted octanol–water partition coefficient (Wildman–Crippen LogP) is 1.36. The Bertz CT molecular complexity index is 436. The van der Waals surface area contributed by atoms with E-state index >= 15 is 0 Å². The van der Waals surface area contributed by atoms with Gasteiger partial charge < -0.3 is 20.1 Å². The van der Waals surface area contributed by atoms with Crippen molar-refractivity contribution in [1.29, 1.82) is 0 Å². The second-order valence-corrected chi connectivity index (χ2v) is 4.64. The summed E-state index contributed by atoms with van der Waals surface area (Å²) < 4.78 is 5.24. The highest BCUT2D eigenvalue weighted by atomic mass is 16.5. The Morgan fingerprint density at radius 2 is 2.32 bits per heavy atom. The van der Waals surface area contributed by atoms with Gasteiger partial charge in [-0.1, -0.05) is 18.2 Å². The van der Waals surface area contributed by atoms with E-state index in [1.165, 1.54) is 0 Å². The molecule has 2 amide bonds. The third-order valence-electron chi connectivity index (χ3n) is 3.47. The number of para-hydroxylation sites is 1. The smallest absolute Gasteiger partial charge is 0.317 e. The molecule has 2 rings (SSSR count). The van der Waals surface area contributed by atoms with Gasteiger partial charge in [0, 0.05) is 18.7 Å². The molecule has 0 aliphatic carbocycles. The molecule has 1 saturated heterocycles. The first-order valence-corrected chi connectivity index (χ1v) is 6.53. The third-order valence-corrected chi connectivity index (χ3v) is 3.47. The largest absolute Gasteiger partial charge is 0.496 e. The van der Waals surface area contributed by atoms with Crippen molar-refractivity contribution in [3.05, 3.63) is 29.8 Å². The molecule has 1 aromatic rings. The first-order chi connectivity index (χ1) is 9.26. The Hall–Kier alpha value is -1.75. The van der Waals surface area contributed by atoms with Crippen LogP contribution in [0.25, 0.3) is 0 Å². The molecule has 1 heterocycles. The van der Waals surface area contributed by atoms with Crippen LogP contribution in [0.3, 0.4) is 0 Å². The maximum Gasteiger partial charge on any atom is 0.317 e. The molecule has 1 atom stereocenters. The molecular weight excluding hydrogens is 244 g/mol. The Morgan fingerprint density at radius 3 is 3.05 bits per heavy atom. The van der Waals surface area contributed by atoms with Gasteiger partial charge >= 0.3 is 6.03 Å². The molecule has 1 aromatic carbocycles. The zero-order chi connectivity index (χ0) is 13.7. The van der Waals surface area contributed by atoms with Crippen LogP contribution in [0.15, 0.2) is 24.3 Å². The van der Waals surface area contributed by atoms with Gasteiger partial charge in [-0.05, 0) is 18.9 Å². The highest BCUT2D eigenvalue weighted by Gasteiger charge is 2.27. The van der Waals surface area contributed by atoms with Gasteiger partial charge in [0.2, 0.25) is 0 Å². The van der Waals surface area contributed by atoms with E-state index in [0.717, 1.165) is 24.2 Å². The van der Waals surface area contributed by atoms with E-state index < -0.39 is 0 Å². The lowest BCUT2D eigenvalue weighted by molar-refractivity contribution is 0.157. The average Bonchev–Trinajstić information content (AvgIpc) is 2.93. The molecule has 5 nitrogen and oxygen atoms in total. The van der Waals surface area contributed by atoms with Crippen molar-refractivity contribution in [2.75, 3.05) is 20.3 Å². The number of aliphatic hydroxyl groups is 1. The van der Waals surface area contributed by atoms with Crippen LogP contribution in [0.5, 0.6) is 5.75 Å². The molecule has 0 aromatic heterocycles. The standard InChI is InChI=1S/C14H20N2O3/c1-19-13-7-3-2-5-11(13)9-15-14(18)16-8-4-6-12(16)10-17/h2-3,5,7,12,17H,4,6,8-10H2,1H3,(H,15,18)/t12-/m1/s1. The van der Waals surface area contributed by atoms with Crippen LogP contribution in [0, 0.1) is 0 Å². The zero-order valence-corrected chi connectivity index (χ0v) is 11.1. The number of urea groups is 1. The zero-order valence-electron chi connectivity index (χ0n) is 11.1. The molecule has 1 aliphatic rings. The van der Waals surface area contributed by atoms with Crippen LogP contribution in [0.4, 0.5) is 4.79 Å². The van der Waals surface area contributed by atoms with Crippen LogP contribution >= 0.6 is 0 Å². The summed E-state index contributed by atoms with van der Waals surface area (Å²) in [6.07, 6.45) is 1.83. The summed E-state index contributed by atoms with van der Waals surface area (Å²) in [4.78, 5) is 13.8. The van der Waals surface area contributed by atoms with E-state index in [1.54, 1.807) is 12.0 Å². The van der Waals surface area contributed by atoms with Crippen LogP contribution in [-0.2, 0) is 6.54 Å². The molecule has 0 unspecified atom stereocenters. The fraction of sp³-hybridized carbons (Fsp3) is 0.500. The first-order valence-electron chi connectivity index (χ1n) is 6.53. The van der Waals surface area contributed by atoms with Gasteiger partial charge in [0.05, 0.1) is 19.8 Å². The Kier molecular flexibility index (Phi) is 4.63. The van der Waals surface area contributed by atoms with Gasteiger partial charge in [0.1, 0.15) is 5.75 Å².